The van der Waals surface area contributed by atoms with E-state index in [4.69, 9.17) is 0 Å². The first-order valence-corrected chi connectivity index (χ1v) is 6.55. The van der Waals surface area contributed by atoms with Gasteiger partial charge in [-0.2, -0.15) is 4.80 Å². The van der Waals surface area contributed by atoms with Gasteiger partial charge in [0.05, 0.1) is 7.05 Å². The summed E-state index contributed by atoms with van der Waals surface area (Å²) in [6.07, 6.45) is 3.30. The van der Waals surface area contributed by atoms with Gasteiger partial charge in [0.15, 0.2) is 5.82 Å². The van der Waals surface area contributed by atoms with Crippen LogP contribution in [0.3, 0.4) is 0 Å². The zero-order chi connectivity index (χ0) is 12.7. The van der Waals surface area contributed by atoms with E-state index in [9.17, 15) is 0 Å². The second-order valence-corrected chi connectivity index (χ2v) is 5.10. The van der Waals surface area contributed by atoms with Gasteiger partial charge in [0, 0.05) is 6.42 Å². The number of hydrogen-bond acceptors (Lipinski definition) is 4. The molecule has 0 aliphatic heterocycles. The molecule has 0 amide bonds. The van der Waals surface area contributed by atoms with E-state index in [1.807, 2.05) is 7.05 Å². The van der Waals surface area contributed by atoms with Crippen molar-refractivity contribution in [2.24, 2.45) is 18.9 Å². The molecule has 5 heteroatoms. The third-order valence-electron chi connectivity index (χ3n) is 2.69. The van der Waals surface area contributed by atoms with E-state index < -0.39 is 0 Å². The fraction of sp³-hybridized carbons (Fsp3) is 0.917. The highest BCUT2D eigenvalue weighted by atomic mass is 15.6. The van der Waals surface area contributed by atoms with Crippen molar-refractivity contribution in [2.75, 3.05) is 13.1 Å². The smallest absolute Gasteiger partial charge is 0.175 e. The predicted octanol–water partition coefficient (Wildman–Crippen LogP) is 1.41. The molecule has 0 saturated carbocycles. The molecule has 0 spiro atoms. The predicted molar refractivity (Wildman–Crippen MR) is 68.6 cm³/mol. The highest BCUT2D eigenvalue weighted by molar-refractivity contribution is 4.82. The van der Waals surface area contributed by atoms with E-state index in [2.05, 4.69) is 41.5 Å². The number of nitrogens with zero attached hydrogens (tertiary/aromatic N) is 4. The Hall–Kier alpha value is -0.970. The normalized spacial score (nSPS) is 13.2. The molecule has 1 aromatic heterocycles. The highest BCUT2D eigenvalue weighted by Gasteiger charge is 2.14. The van der Waals surface area contributed by atoms with Crippen LogP contribution in [0.4, 0.5) is 0 Å². The zero-order valence-corrected chi connectivity index (χ0v) is 11.5. The van der Waals surface area contributed by atoms with Gasteiger partial charge in [-0.15, -0.1) is 10.2 Å². The summed E-state index contributed by atoms with van der Waals surface area (Å²) in [6, 6.07) is 0. The van der Waals surface area contributed by atoms with Gasteiger partial charge in [0.25, 0.3) is 0 Å². The van der Waals surface area contributed by atoms with Gasteiger partial charge in [0.1, 0.15) is 0 Å². The van der Waals surface area contributed by atoms with Crippen LogP contribution in [0.5, 0.6) is 0 Å². The monoisotopic (exact) mass is 239 g/mol. The SMILES string of the molecule is CCCNCC(Cc1nnn(C)n1)CC(C)C. The molecule has 0 aliphatic rings. The Bertz CT molecular complexity index is 308. The summed E-state index contributed by atoms with van der Waals surface area (Å²) in [5.41, 5.74) is 0. The van der Waals surface area contributed by atoms with Crippen molar-refractivity contribution >= 4 is 0 Å². The Morgan fingerprint density at radius 3 is 2.65 bits per heavy atom. The van der Waals surface area contributed by atoms with Crippen LogP contribution in [0, 0.1) is 11.8 Å². The molecular formula is C12H25N5. The van der Waals surface area contributed by atoms with Gasteiger partial charge in [0.2, 0.25) is 0 Å². The average Bonchev–Trinajstić information content (AvgIpc) is 2.63. The molecule has 0 saturated heterocycles. The number of aryl methyl sites for hydroxylation is 1. The largest absolute Gasteiger partial charge is 0.316 e. The number of nitrogens with one attached hydrogen (secondary N) is 1. The molecule has 1 atom stereocenters. The van der Waals surface area contributed by atoms with Crippen LogP contribution in [0.1, 0.15) is 39.4 Å². The molecule has 0 fully saturated rings. The molecule has 0 aromatic carbocycles. The Labute approximate surface area is 104 Å². The Morgan fingerprint density at radius 1 is 1.35 bits per heavy atom. The van der Waals surface area contributed by atoms with E-state index in [1.54, 1.807) is 0 Å². The molecule has 17 heavy (non-hydrogen) atoms. The van der Waals surface area contributed by atoms with Crippen LogP contribution in [-0.4, -0.2) is 33.3 Å². The van der Waals surface area contributed by atoms with Gasteiger partial charge in [-0.3, -0.25) is 0 Å². The number of rotatable bonds is 8. The third-order valence-corrected chi connectivity index (χ3v) is 2.69. The van der Waals surface area contributed by atoms with Crippen molar-refractivity contribution in [1.29, 1.82) is 0 Å². The van der Waals surface area contributed by atoms with Crippen molar-refractivity contribution in [2.45, 2.75) is 40.0 Å². The van der Waals surface area contributed by atoms with E-state index >= 15 is 0 Å². The van der Waals surface area contributed by atoms with Crippen molar-refractivity contribution in [1.82, 2.24) is 25.5 Å². The second-order valence-electron chi connectivity index (χ2n) is 5.10. The van der Waals surface area contributed by atoms with Gasteiger partial charge >= 0.3 is 0 Å². The van der Waals surface area contributed by atoms with Gasteiger partial charge in [-0.25, -0.2) is 0 Å². The maximum absolute atomic E-state index is 4.25. The van der Waals surface area contributed by atoms with Gasteiger partial charge in [-0.1, -0.05) is 20.8 Å². The Morgan fingerprint density at radius 2 is 2.12 bits per heavy atom. The minimum absolute atomic E-state index is 0.603. The highest BCUT2D eigenvalue weighted by Crippen LogP contribution is 2.14. The quantitative estimate of drug-likeness (QED) is 0.697. The third kappa shape index (κ3) is 5.77. The standard InChI is InChI=1S/C12H25N5/c1-5-6-13-9-11(7-10(2)3)8-12-14-16-17(4)15-12/h10-11,13H,5-9H2,1-4H3. The average molecular weight is 239 g/mol. The van der Waals surface area contributed by atoms with Crippen LogP contribution in [0.15, 0.2) is 0 Å². The lowest BCUT2D eigenvalue weighted by molar-refractivity contribution is 0.379. The summed E-state index contributed by atoms with van der Waals surface area (Å²) in [6.45, 7) is 8.84. The van der Waals surface area contributed by atoms with E-state index in [0.29, 0.717) is 11.8 Å². The molecular weight excluding hydrogens is 214 g/mol. The molecule has 98 valence electrons. The zero-order valence-electron chi connectivity index (χ0n) is 11.5. The van der Waals surface area contributed by atoms with Crippen LogP contribution in [0.25, 0.3) is 0 Å². The van der Waals surface area contributed by atoms with E-state index in [1.165, 1.54) is 17.6 Å². The molecule has 1 aromatic rings. The number of aromatic nitrogens is 4. The molecule has 0 aliphatic carbocycles. The van der Waals surface area contributed by atoms with Gasteiger partial charge < -0.3 is 5.32 Å². The van der Waals surface area contributed by atoms with Crippen LogP contribution < -0.4 is 5.32 Å². The van der Waals surface area contributed by atoms with E-state index in [0.717, 1.165) is 25.3 Å². The Balaban J connectivity index is 2.44. The summed E-state index contributed by atoms with van der Waals surface area (Å²) in [7, 11) is 1.81. The van der Waals surface area contributed by atoms with Crippen LogP contribution in [0.2, 0.25) is 0 Å². The summed E-state index contributed by atoms with van der Waals surface area (Å²) >= 11 is 0. The van der Waals surface area contributed by atoms with E-state index in [-0.39, 0.29) is 0 Å². The van der Waals surface area contributed by atoms with Crippen molar-refractivity contribution in [3.8, 4) is 0 Å². The fourth-order valence-corrected chi connectivity index (χ4v) is 2.05. The molecule has 1 rings (SSSR count). The lowest BCUT2D eigenvalue weighted by atomic mass is 9.94. The van der Waals surface area contributed by atoms with Crippen LogP contribution >= 0.6 is 0 Å². The summed E-state index contributed by atoms with van der Waals surface area (Å²) < 4.78 is 0. The first-order chi connectivity index (χ1) is 8.11. The minimum atomic E-state index is 0.603. The second kappa shape index (κ2) is 7.37. The Kier molecular flexibility index (Phi) is 6.11. The molecule has 1 heterocycles. The lowest BCUT2D eigenvalue weighted by Gasteiger charge is -2.17. The molecule has 1 unspecified atom stereocenters. The van der Waals surface area contributed by atoms with Crippen molar-refractivity contribution in [3.05, 3.63) is 5.82 Å². The molecule has 5 nitrogen and oxygen atoms in total. The van der Waals surface area contributed by atoms with Gasteiger partial charge in [-0.05, 0) is 43.0 Å². The van der Waals surface area contributed by atoms with Crippen LogP contribution in [-0.2, 0) is 13.5 Å². The lowest BCUT2D eigenvalue weighted by Crippen LogP contribution is -2.26. The van der Waals surface area contributed by atoms with Crippen molar-refractivity contribution < 1.29 is 0 Å². The number of hydrogen-bond donors (Lipinski definition) is 1. The molecule has 1 N–H and O–H groups in total. The summed E-state index contributed by atoms with van der Waals surface area (Å²) in [5, 5.41) is 15.7. The summed E-state index contributed by atoms with van der Waals surface area (Å²) in [4.78, 5) is 1.53. The topological polar surface area (TPSA) is 55.6 Å². The van der Waals surface area contributed by atoms with Crippen molar-refractivity contribution in [3.63, 3.8) is 0 Å². The summed E-state index contributed by atoms with van der Waals surface area (Å²) in [5.74, 6) is 2.17. The maximum atomic E-state index is 4.25. The maximum Gasteiger partial charge on any atom is 0.175 e. The number of tetrazole rings is 1. The fourth-order valence-electron chi connectivity index (χ4n) is 2.05. The first kappa shape index (κ1) is 14.1. The minimum Gasteiger partial charge on any atom is -0.316 e. The molecule has 0 bridgehead atoms. The molecule has 0 radical (unpaired) electrons. The first-order valence-electron chi connectivity index (χ1n) is 6.55.